The van der Waals surface area contributed by atoms with E-state index in [4.69, 9.17) is 4.52 Å². The maximum atomic E-state index is 13.2. The highest BCUT2D eigenvalue weighted by Gasteiger charge is 2.44. The molecule has 0 fully saturated rings. The number of phenols is 2. The van der Waals surface area contributed by atoms with E-state index >= 15 is 0 Å². The van der Waals surface area contributed by atoms with E-state index in [1.807, 2.05) is 20.8 Å². The maximum absolute atomic E-state index is 13.2. The van der Waals surface area contributed by atoms with Crippen molar-refractivity contribution in [3.8, 4) is 11.5 Å². The molecule has 0 saturated carbocycles. The van der Waals surface area contributed by atoms with Gasteiger partial charge in [0.25, 0.3) is 0 Å². The van der Waals surface area contributed by atoms with Crippen molar-refractivity contribution < 1.29 is 19.5 Å². The van der Waals surface area contributed by atoms with E-state index in [9.17, 15) is 15.0 Å². The number of ketones is 1. The summed E-state index contributed by atoms with van der Waals surface area (Å²) in [6.07, 6.45) is 1.18. The molecule has 0 radical (unpaired) electrons. The molecule has 3 N–H and O–H groups in total. The van der Waals surface area contributed by atoms with Crippen LogP contribution in [0.25, 0.3) is 0 Å². The molecule has 6 nitrogen and oxygen atoms in total. The van der Waals surface area contributed by atoms with Gasteiger partial charge < -0.3 is 20.1 Å². The van der Waals surface area contributed by atoms with E-state index in [-0.39, 0.29) is 28.1 Å². The Bertz CT molecular complexity index is 1010. The molecule has 1 unspecified atom stereocenters. The number of rotatable bonds is 1. The van der Waals surface area contributed by atoms with Crippen molar-refractivity contribution in [1.29, 1.82) is 0 Å². The molecule has 0 amide bonds. The molecule has 1 aromatic carbocycles. The van der Waals surface area contributed by atoms with E-state index in [2.05, 4.69) is 24.3 Å². The van der Waals surface area contributed by atoms with Gasteiger partial charge in [0, 0.05) is 29.0 Å². The molecule has 0 spiro atoms. The second-order valence-electron chi connectivity index (χ2n) is 9.66. The van der Waals surface area contributed by atoms with Gasteiger partial charge in [-0.1, -0.05) is 45.8 Å². The van der Waals surface area contributed by atoms with Gasteiger partial charge in [0.05, 0.1) is 11.3 Å². The lowest BCUT2D eigenvalue weighted by Gasteiger charge is -2.38. The molecule has 28 heavy (non-hydrogen) atoms. The van der Waals surface area contributed by atoms with Crippen LogP contribution in [0.15, 0.2) is 34.0 Å². The molecule has 2 aromatic rings. The Labute approximate surface area is 164 Å². The van der Waals surface area contributed by atoms with Gasteiger partial charge in [0.1, 0.15) is 0 Å². The topological polar surface area (TPSA) is 95.6 Å². The summed E-state index contributed by atoms with van der Waals surface area (Å²) < 4.78 is 5.65. The highest BCUT2D eigenvalue weighted by molar-refractivity contribution is 6.01. The van der Waals surface area contributed by atoms with Crippen molar-refractivity contribution in [3.63, 3.8) is 0 Å². The predicted molar refractivity (Wildman–Crippen MR) is 105 cm³/mol. The standard InChI is InChI=1S/C22H26N2O4/c1-21(2,3)19-18-16(11-6-7-13(25)14(26)8-11)17-12(23-20(18)28-24-19)9-22(4,5)10-15(17)27/h6-8,16,23,25-26H,9-10H2,1-5H3. The van der Waals surface area contributed by atoms with E-state index in [0.717, 1.165) is 28.9 Å². The molecule has 1 aliphatic carbocycles. The number of carbonyl (C=O) groups is 1. The molecule has 1 aromatic heterocycles. The molecule has 1 atom stereocenters. The van der Waals surface area contributed by atoms with E-state index < -0.39 is 5.92 Å². The zero-order valence-corrected chi connectivity index (χ0v) is 16.9. The fourth-order valence-corrected chi connectivity index (χ4v) is 4.31. The maximum Gasteiger partial charge on any atom is 0.233 e. The van der Waals surface area contributed by atoms with Crippen molar-refractivity contribution in [2.45, 2.75) is 58.8 Å². The first kappa shape index (κ1) is 18.6. The number of nitrogens with zero attached hydrogens (tertiary/aromatic N) is 1. The first-order chi connectivity index (χ1) is 13.0. The summed E-state index contributed by atoms with van der Waals surface area (Å²) >= 11 is 0. The first-order valence-corrected chi connectivity index (χ1v) is 9.53. The molecule has 6 heteroatoms. The van der Waals surface area contributed by atoms with Crippen LogP contribution in [0.5, 0.6) is 11.5 Å². The Morgan fingerprint density at radius 1 is 1.18 bits per heavy atom. The van der Waals surface area contributed by atoms with Crippen LogP contribution in [0.2, 0.25) is 0 Å². The summed E-state index contributed by atoms with van der Waals surface area (Å²) in [5, 5.41) is 27.5. The molecule has 2 aliphatic rings. The van der Waals surface area contributed by atoms with Gasteiger partial charge in [-0.25, -0.2) is 0 Å². The third-order valence-electron chi connectivity index (χ3n) is 5.53. The number of phenolic OH excluding ortho intramolecular Hbond substituents is 2. The normalized spacial score (nSPS) is 21.2. The third kappa shape index (κ3) is 2.87. The number of hydrogen-bond acceptors (Lipinski definition) is 6. The Morgan fingerprint density at radius 3 is 2.54 bits per heavy atom. The van der Waals surface area contributed by atoms with Crippen molar-refractivity contribution in [1.82, 2.24) is 5.16 Å². The van der Waals surface area contributed by atoms with Gasteiger partial charge in [0.2, 0.25) is 5.88 Å². The summed E-state index contributed by atoms with van der Waals surface area (Å²) in [6.45, 7) is 10.3. The lowest BCUT2D eigenvalue weighted by atomic mass is 9.68. The number of aromatic nitrogens is 1. The second kappa shape index (κ2) is 5.87. The van der Waals surface area contributed by atoms with Crippen LogP contribution in [0.3, 0.4) is 0 Å². The number of benzene rings is 1. The van der Waals surface area contributed by atoms with Gasteiger partial charge in [-0.05, 0) is 29.5 Å². The largest absolute Gasteiger partial charge is 0.504 e. The van der Waals surface area contributed by atoms with Crippen molar-refractivity contribution in [2.24, 2.45) is 5.41 Å². The highest BCUT2D eigenvalue weighted by Crippen LogP contribution is 2.52. The van der Waals surface area contributed by atoms with Gasteiger partial charge in [-0.15, -0.1) is 0 Å². The Hall–Kier alpha value is -2.76. The number of nitrogens with one attached hydrogen (secondary N) is 1. The molecule has 4 rings (SSSR count). The Kier molecular flexibility index (Phi) is 3.90. The van der Waals surface area contributed by atoms with Crippen LogP contribution in [-0.2, 0) is 10.2 Å². The van der Waals surface area contributed by atoms with Gasteiger partial charge in [-0.3, -0.25) is 4.79 Å². The van der Waals surface area contributed by atoms with Gasteiger partial charge in [-0.2, -0.15) is 0 Å². The van der Waals surface area contributed by atoms with E-state index in [1.165, 1.54) is 12.1 Å². The second-order valence-corrected chi connectivity index (χ2v) is 9.66. The minimum atomic E-state index is -0.401. The molecular weight excluding hydrogens is 356 g/mol. The van der Waals surface area contributed by atoms with Crippen molar-refractivity contribution in [2.75, 3.05) is 5.32 Å². The molecule has 148 valence electrons. The molecule has 0 bridgehead atoms. The SMILES string of the molecule is CC1(C)CC(=O)C2=C(C1)Nc1onc(C(C)(C)C)c1C2c1ccc(O)c(O)c1. The summed E-state index contributed by atoms with van der Waals surface area (Å²) in [4.78, 5) is 13.2. The number of allylic oxidation sites excluding steroid dienone is 2. The predicted octanol–water partition coefficient (Wildman–Crippen LogP) is 4.58. The van der Waals surface area contributed by atoms with E-state index in [0.29, 0.717) is 17.9 Å². The fourth-order valence-electron chi connectivity index (χ4n) is 4.31. The first-order valence-electron chi connectivity index (χ1n) is 9.53. The third-order valence-corrected chi connectivity index (χ3v) is 5.53. The number of anilines is 1. The zero-order valence-electron chi connectivity index (χ0n) is 16.9. The lowest BCUT2D eigenvalue weighted by molar-refractivity contribution is -0.118. The van der Waals surface area contributed by atoms with Crippen LogP contribution in [0, 0.1) is 5.41 Å². The van der Waals surface area contributed by atoms with Crippen LogP contribution in [0.4, 0.5) is 5.88 Å². The number of aromatic hydroxyl groups is 2. The van der Waals surface area contributed by atoms with Crippen LogP contribution in [-0.4, -0.2) is 21.2 Å². The summed E-state index contributed by atoms with van der Waals surface area (Å²) in [5.41, 5.74) is 3.45. The van der Waals surface area contributed by atoms with Gasteiger partial charge >= 0.3 is 0 Å². The molecule has 0 saturated heterocycles. The van der Waals surface area contributed by atoms with Gasteiger partial charge in [0.15, 0.2) is 17.3 Å². The number of Topliss-reactive ketones (excluding diaryl/α,β-unsaturated/α-hetero) is 1. The van der Waals surface area contributed by atoms with Crippen LogP contribution < -0.4 is 5.32 Å². The summed E-state index contributed by atoms with van der Waals surface area (Å²) in [6, 6.07) is 4.71. The minimum absolute atomic E-state index is 0.0861. The monoisotopic (exact) mass is 382 g/mol. The van der Waals surface area contributed by atoms with Crippen LogP contribution >= 0.6 is 0 Å². The number of hydrogen-bond donors (Lipinski definition) is 3. The zero-order chi connectivity index (χ0) is 20.4. The average molecular weight is 382 g/mol. The molecule has 2 heterocycles. The minimum Gasteiger partial charge on any atom is -0.504 e. The average Bonchev–Trinajstić information content (AvgIpc) is 2.98. The molecular formula is C22H26N2O4. The van der Waals surface area contributed by atoms with Crippen molar-refractivity contribution >= 4 is 11.7 Å². The van der Waals surface area contributed by atoms with Crippen molar-refractivity contribution in [3.05, 3.63) is 46.3 Å². The smallest absolute Gasteiger partial charge is 0.233 e. The number of fused-ring (bicyclic) bond motifs is 1. The quantitative estimate of drug-likeness (QED) is 0.625. The summed E-state index contributed by atoms with van der Waals surface area (Å²) in [5.74, 6) is -0.168. The highest BCUT2D eigenvalue weighted by atomic mass is 16.5. The van der Waals surface area contributed by atoms with Crippen LogP contribution in [0.1, 0.15) is 70.2 Å². The molecule has 1 aliphatic heterocycles. The summed E-state index contributed by atoms with van der Waals surface area (Å²) in [7, 11) is 0. The van der Waals surface area contributed by atoms with E-state index in [1.54, 1.807) is 6.07 Å². The lowest BCUT2D eigenvalue weighted by Crippen LogP contribution is -2.34. The Morgan fingerprint density at radius 2 is 1.89 bits per heavy atom. The fraction of sp³-hybridized carbons (Fsp3) is 0.455. The Balaban J connectivity index is 1.98. The number of carbonyl (C=O) groups excluding carboxylic acids is 1.